The summed E-state index contributed by atoms with van der Waals surface area (Å²) < 4.78 is 42.4. The Balaban J connectivity index is 2.06. The summed E-state index contributed by atoms with van der Waals surface area (Å²) in [5, 5.41) is 8.96. The molecule has 2 nitrogen and oxygen atoms in total. The van der Waals surface area contributed by atoms with Crippen LogP contribution in [0.15, 0.2) is 35.3 Å². The zero-order valence-electron chi connectivity index (χ0n) is 14.0. The van der Waals surface area contributed by atoms with Crippen LogP contribution < -0.4 is 0 Å². The molecule has 0 radical (unpaired) electrons. The van der Waals surface area contributed by atoms with Crippen molar-refractivity contribution in [2.75, 3.05) is 6.54 Å². The molecular weight excluding hydrogens is 420 g/mol. The van der Waals surface area contributed by atoms with E-state index in [1.54, 1.807) is 25.1 Å². The van der Waals surface area contributed by atoms with E-state index in [1.807, 2.05) is 6.07 Å². The number of rotatable bonds is 2. The summed E-state index contributed by atoms with van der Waals surface area (Å²) in [5.74, 6) is 0. The van der Waals surface area contributed by atoms with E-state index in [1.165, 1.54) is 12.1 Å². The maximum Gasteiger partial charge on any atom is 0.400 e. The second kappa shape index (κ2) is 7.01. The number of aliphatic imine (C=N–C) groups is 1. The predicted octanol–water partition coefficient (Wildman–Crippen LogP) is 6.52. The van der Waals surface area contributed by atoms with Crippen LogP contribution in [-0.2, 0) is 5.41 Å². The molecule has 0 fully saturated rings. The van der Waals surface area contributed by atoms with E-state index >= 15 is 0 Å². The first-order valence-electron chi connectivity index (χ1n) is 7.85. The van der Waals surface area contributed by atoms with E-state index in [9.17, 15) is 13.2 Å². The Morgan fingerprint density at radius 3 is 2.26 bits per heavy atom. The standard InChI is InChI=1S/C19H12Cl3F3N2/c1-10-4-11(2-3-12(10)8-26)16-7-18(9-27-16,19(23,24)25)13-5-14(20)17(22)15(21)6-13/h2-6H,7,9H2,1H3. The third-order valence-corrected chi connectivity index (χ3v) is 5.97. The first-order chi connectivity index (χ1) is 12.6. The van der Waals surface area contributed by atoms with E-state index < -0.39 is 18.1 Å². The Kier molecular flexibility index (Phi) is 5.20. The minimum atomic E-state index is -4.57. The van der Waals surface area contributed by atoms with Crippen molar-refractivity contribution in [3.8, 4) is 6.07 Å². The average Bonchev–Trinajstić information content (AvgIpc) is 3.06. The third kappa shape index (κ3) is 3.42. The van der Waals surface area contributed by atoms with Gasteiger partial charge in [0, 0.05) is 12.1 Å². The molecule has 0 saturated carbocycles. The maximum atomic E-state index is 14.1. The molecule has 0 aromatic heterocycles. The molecule has 1 unspecified atom stereocenters. The first kappa shape index (κ1) is 20.0. The summed E-state index contributed by atoms with van der Waals surface area (Å²) in [7, 11) is 0. The Labute approximate surface area is 169 Å². The van der Waals surface area contributed by atoms with Gasteiger partial charge < -0.3 is 0 Å². The summed E-state index contributed by atoms with van der Waals surface area (Å²) in [6, 6.07) is 9.30. The molecule has 27 heavy (non-hydrogen) atoms. The van der Waals surface area contributed by atoms with Gasteiger partial charge in [-0.25, -0.2) is 0 Å². The van der Waals surface area contributed by atoms with E-state index in [-0.39, 0.29) is 27.1 Å². The summed E-state index contributed by atoms with van der Waals surface area (Å²) >= 11 is 17.8. The molecule has 0 aliphatic carbocycles. The topological polar surface area (TPSA) is 36.1 Å². The van der Waals surface area contributed by atoms with Crippen molar-refractivity contribution in [2.45, 2.75) is 24.9 Å². The lowest BCUT2D eigenvalue weighted by Gasteiger charge is -2.32. The van der Waals surface area contributed by atoms with E-state index in [4.69, 9.17) is 40.1 Å². The molecule has 3 rings (SSSR count). The summed E-state index contributed by atoms with van der Waals surface area (Å²) in [6.45, 7) is 1.26. The first-order valence-corrected chi connectivity index (χ1v) is 8.98. The highest BCUT2D eigenvalue weighted by Gasteiger charge is 2.58. The fraction of sp³-hybridized carbons (Fsp3) is 0.263. The van der Waals surface area contributed by atoms with Gasteiger partial charge in [0.1, 0.15) is 5.41 Å². The summed E-state index contributed by atoms with van der Waals surface area (Å²) in [4.78, 5) is 4.18. The van der Waals surface area contributed by atoms with Gasteiger partial charge in [0.15, 0.2) is 0 Å². The summed E-state index contributed by atoms with van der Waals surface area (Å²) in [6.07, 6.45) is -4.92. The van der Waals surface area contributed by atoms with Crippen LogP contribution in [0.1, 0.15) is 28.7 Å². The zero-order valence-corrected chi connectivity index (χ0v) is 16.2. The number of alkyl halides is 3. The van der Waals surface area contributed by atoms with Crippen LogP contribution in [0, 0.1) is 18.3 Å². The minimum absolute atomic E-state index is 0.0151. The van der Waals surface area contributed by atoms with Gasteiger partial charge in [-0.3, -0.25) is 4.99 Å². The highest BCUT2D eigenvalue weighted by Crippen LogP contribution is 2.49. The molecular formula is C19H12Cl3F3N2. The molecule has 1 aliphatic heterocycles. The molecule has 2 aromatic carbocycles. The SMILES string of the molecule is Cc1cc(C2=NCC(c3cc(Cl)c(Cl)c(Cl)c3)(C(F)(F)F)C2)ccc1C#N. The number of hydrogen-bond acceptors (Lipinski definition) is 2. The van der Waals surface area contributed by atoms with Crippen LogP contribution in [0.25, 0.3) is 0 Å². The quantitative estimate of drug-likeness (QED) is 0.499. The summed E-state index contributed by atoms with van der Waals surface area (Å²) in [5.41, 5.74) is -0.276. The van der Waals surface area contributed by atoms with Crippen molar-refractivity contribution < 1.29 is 13.2 Å². The number of aryl methyl sites for hydroxylation is 1. The Morgan fingerprint density at radius 2 is 1.74 bits per heavy atom. The molecule has 1 heterocycles. The fourth-order valence-electron chi connectivity index (χ4n) is 3.17. The van der Waals surface area contributed by atoms with Crippen LogP contribution in [0.5, 0.6) is 0 Å². The monoisotopic (exact) mass is 430 g/mol. The molecule has 1 aliphatic rings. The van der Waals surface area contributed by atoms with Crippen LogP contribution in [0.2, 0.25) is 15.1 Å². The lowest BCUT2D eigenvalue weighted by molar-refractivity contribution is -0.183. The molecule has 0 bridgehead atoms. The molecule has 1 atom stereocenters. The van der Waals surface area contributed by atoms with Gasteiger partial charge in [0.05, 0.1) is 33.2 Å². The van der Waals surface area contributed by atoms with Crippen molar-refractivity contribution in [2.24, 2.45) is 4.99 Å². The van der Waals surface area contributed by atoms with Gasteiger partial charge in [-0.2, -0.15) is 18.4 Å². The molecule has 0 amide bonds. The van der Waals surface area contributed by atoms with E-state index in [0.717, 1.165) is 0 Å². The number of nitriles is 1. The van der Waals surface area contributed by atoms with Crippen molar-refractivity contribution >= 4 is 40.5 Å². The zero-order chi connectivity index (χ0) is 20.0. The van der Waals surface area contributed by atoms with E-state index in [0.29, 0.717) is 22.4 Å². The minimum Gasteiger partial charge on any atom is -0.288 e. The lowest BCUT2D eigenvalue weighted by atomic mass is 9.76. The van der Waals surface area contributed by atoms with Crippen LogP contribution in [0.3, 0.4) is 0 Å². The second-order valence-corrected chi connectivity index (χ2v) is 7.61. The number of nitrogens with zero attached hydrogens (tertiary/aromatic N) is 2. The highest BCUT2D eigenvalue weighted by molar-refractivity contribution is 6.48. The number of halogens is 6. The number of hydrogen-bond donors (Lipinski definition) is 0. The van der Waals surface area contributed by atoms with Crippen molar-refractivity contribution in [1.82, 2.24) is 0 Å². The number of benzene rings is 2. The molecule has 0 spiro atoms. The van der Waals surface area contributed by atoms with Gasteiger partial charge >= 0.3 is 6.18 Å². The van der Waals surface area contributed by atoms with Crippen LogP contribution >= 0.6 is 34.8 Å². The lowest BCUT2D eigenvalue weighted by Crippen LogP contribution is -2.43. The van der Waals surface area contributed by atoms with Gasteiger partial charge in [0.25, 0.3) is 0 Å². The second-order valence-electron chi connectivity index (χ2n) is 6.41. The Bertz CT molecular complexity index is 970. The van der Waals surface area contributed by atoms with E-state index in [2.05, 4.69) is 4.99 Å². The highest BCUT2D eigenvalue weighted by atomic mass is 35.5. The fourth-order valence-corrected chi connectivity index (χ4v) is 3.76. The smallest absolute Gasteiger partial charge is 0.288 e. The van der Waals surface area contributed by atoms with Gasteiger partial charge in [-0.05, 0) is 47.9 Å². The largest absolute Gasteiger partial charge is 0.400 e. The average molecular weight is 432 g/mol. The molecule has 0 saturated heterocycles. The maximum absolute atomic E-state index is 14.1. The predicted molar refractivity (Wildman–Crippen MR) is 101 cm³/mol. The van der Waals surface area contributed by atoms with Crippen LogP contribution in [-0.4, -0.2) is 18.4 Å². The Hall–Kier alpha value is -1.74. The third-order valence-electron chi connectivity index (χ3n) is 4.77. The van der Waals surface area contributed by atoms with Gasteiger partial charge in [-0.15, -0.1) is 0 Å². The molecule has 8 heteroatoms. The molecule has 2 aromatic rings. The van der Waals surface area contributed by atoms with Gasteiger partial charge in [-0.1, -0.05) is 40.9 Å². The normalized spacial score (nSPS) is 19.7. The Morgan fingerprint density at radius 1 is 1.11 bits per heavy atom. The van der Waals surface area contributed by atoms with Crippen molar-refractivity contribution in [1.29, 1.82) is 5.26 Å². The van der Waals surface area contributed by atoms with Gasteiger partial charge in [0.2, 0.25) is 0 Å². The van der Waals surface area contributed by atoms with Crippen molar-refractivity contribution in [3.63, 3.8) is 0 Å². The van der Waals surface area contributed by atoms with Crippen molar-refractivity contribution in [3.05, 3.63) is 67.7 Å². The van der Waals surface area contributed by atoms with Crippen LogP contribution in [0.4, 0.5) is 13.2 Å². The molecule has 140 valence electrons. The molecule has 0 N–H and O–H groups in total.